The van der Waals surface area contributed by atoms with Gasteiger partial charge in [0, 0.05) is 22.9 Å². The highest BCUT2D eigenvalue weighted by molar-refractivity contribution is 5.62. The standard InChI is InChI=1S/C13H15N3/c1-8-5-6-11-12(8)16-13(15-11)9-3-2-4-10(14)7-9/h2-4,7-8H,5-6,14H2,1H3,(H,15,16). The van der Waals surface area contributed by atoms with Crippen LogP contribution in [-0.2, 0) is 6.42 Å². The maximum absolute atomic E-state index is 5.77. The number of aryl methyl sites for hydroxylation is 1. The van der Waals surface area contributed by atoms with Crippen LogP contribution < -0.4 is 5.73 Å². The molecule has 0 aliphatic heterocycles. The van der Waals surface area contributed by atoms with Gasteiger partial charge in [-0.3, -0.25) is 0 Å². The number of nitrogen functional groups attached to an aromatic ring is 1. The molecule has 1 unspecified atom stereocenters. The number of rotatable bonds is 1. The minimum absolute atomic E-state index is 0.584. The van der Waals surface area contributed by atoms with Gasteiger partial charge in [-0.25, -0.2) is 4.98 Å². The van der Waals surface area contributed by atoms with E-state index in [1.165, 1.54) is 17.8 Å². The summed E-state index contributed by atoms with van der Waals surface area (Å²) in [5, 5.41) is 0. The molecule has 16 heavy (non-hydrogen) atoms. The monoisotopic (exact) mass is 213 g/mol. The molecule has 3 rings (SSSR count). The normalized spacial score (nSPS) is 18.7. The number of aromatic amines is 1. The average Bonchev–Trinajstić information content (AvgIpc) is 2.81. The average molecular weight is 213 g/mol. The van der Waals surface area contributed by atoms with Crippen molar-refractivity contribution in [1.29, 1.82) is 0 Å². The molecule has 82 valence electrons. The number of anilines is 1. The zero-order chi connectivity index (χ0) is 11.1. The predicted octanol–water partition coefficient (Wildman–Crippen LogP) is 2.71. The smallest absolute Gasteiger partial charge is 0.137 e. The number of benzene rings is 1. The van der Waals surface area contributed by atoms with Crippen molar-refractivity contribution in [3.05, 3.63) is 35.7 Å². The van der Waals surface area contributed by atoms with E-state index < -0.39 is 0 Å². The van der Waals surface area contributed by atoms with Gasteiger partial charge in [0.1, 0.15) is 5.82 Å². The van der Waals surface area contributed by atoms with Gasteiger partial charge in [0.15, 0.2) is 0 Å². The lowest BCUT2D eigenvalue weighted by atomic mass is 10.1. The zero-order valence-corrected chi connectivity index (χ0v) is 9.33. The Kier molecular flexibility index (Phi) is 1.99. The molecule has 0 fully saturated rings. The molecule has 3 heteroatoms. The molecule has 1 aliphatic rings. The molecule has 1 atom stereocenters. The van der Waals surface area contributed by atoms with Gasteiger partial charge >= 0.3 is 0 Å². The minimum Gasteiger partial charge on any atom is -0.399 e. The minimum atomic E-state index is 0.584. The second-order valence-electron chi connectivity index (χ2n) is 4.51. The van der Waals surface area contributed by atoms with Crippen molar-refractivity contribution < 1.29 is 0 Å². The first-order valence-corrected chi connectivity index (χ1v) is 5.69. The van der Waals surface area contributed by atoms with Gasteiger partial charge in [0.2, 0.25) is 0 Å². The molecular formula is C13H15N3. The quantitative estimate of drug-likeness (QED) is 0.715. The van der Waals surface area contributed by atoms with Gasteiger partial charge in [-0.15, -0.1) is 0 Å². The topological polar surface area (TPSA) is 54.7 Å². The van der Waals surface area contributed by atoms with Crippen molar-refractivity contribution in [3.63, 3.8) is 0 Å². The lowest BCUT2D eigenvalue weighted by molar-refractivity contribution is 0.726. The largest absolute Gasteiger partial charge is 0.399 e. The molecule has 3 nitrogen and oxygen atoms in total. The van der Waals surface area contributed by atoms with Crippen molar-refractivity contribution in [2.24, 2.45) is 0 Å². The summed E-state index contributed by atoms with van der Waals surface area (Å²) < 4.78 is 0. The number of fused-ring (bicyclic) bond motifs is 1. The summed E-state index contributed by atoms with van der Waals surface area (Å²) >= 11 is 0. The Morgan fingerprint density at radius 2 is 2.31 bits per heavy atom. The fourth-order valence-electron chi connectivity index (χ4n) is 2.34. The fraction of sp³-hybridized carbons (Fsp3) is 0.308. The third-order valence-corrected chi connectivity index (χ3v) is 3.26. The van der Waals surface area contributed by atoms with Crippen molar-refractivity contribution in [2.45, 2.75) is 25.7 Å². The van der Waals surface area contributed by atoms with Crippen LogP contribution >= 0.6 is 0 Å². The number of aromatic nitrogens is 2. The van der Waals surface area contributed by atoms with Crippen LogP contribution in [0.15, 0.2) is 24.3 Å². The van der Waals surface area contributed by atoms with E-state index in [9.17, 15) is 0 Å². The Balaban J connectivity index is 2.05. The van der Waals surface area contributed by atoms with E-state index in [0.717, 1.165) is 23.5 Å². The number of nitrogens with zero attached hydrogens (tertiary/aromatic N) is 1. The van der Waals surface area contributed by atoms with Crippen LogP contribution in [0.4, 0.5) is 5.69 Å². The van der Waals surface area contributed by atoms with E-state index in [0.29, 0.717) is 5.92 Å². The van der Waals surface area contributed by atoms with Crippen molar-refractivity contribution in [3.8, 4) is 11.4 Å². The Hall–Kier alpha value is -1.77. The van der Waals surface area contributed by atoms with Gasteiger partial charge in [-0.1, -0.05) is 19.1 Å². The predicted molar refractivity (Wildman–Crippen MR) is 65.2 cm³/mol. The Labute approximate surface area is 94.7 Å². The van der Waals surface area contributed by atoms with E-state index >= 15 is 0 Å². The highest BCUT2D eigenvalue weighted by Crippen LogP contribution is 2.33. The van der Waals surface area contributed by atoms with Crippen LogP contribution in [0, 0.1) is 0 Å². The maximum Gasteiger partial charge on any atom is 0.137 e. The van der Waals surface area contributed by atoms with Crippen molar-refractivity contribution >= 4 is 5.69 Å². The van der Waals surface area contributed by atoms with Crippen LogP contribution in [0.2, 0.25) is 0 Å². The zero-order valence-electron chi connectivity index (χ0n) is 9.33. The van der Waals surface area contributed by atoms with E-state index in [2.05, 4.69) is 16.9 Å². The van der Waals surface area contributed by atoms with E-state index in [1.54, 1.807) is 0 Å². The molecule has 0 radical (unpaired) electrons. The van der Waals surface area contributed by atoms with Gasteiger partial charge in [-0.05, 0) is 25.0 Å². The van der Waals surface area contributed by atoms with Crippen LogP contribution in [-0.4, -0.2) is 9.97 Å². The van der Waals surface area contributed by atoms with E-state index in [1.807, 2.05) is 24.3 Å². The number of hydrogen-bond acceptors (Lipinski definition) is 2. The van der Waals surface area contributed by atoms with Crippen LogP contribution in [0.25, 0.3) is 11.4 Å². The molecule has 0 spiro atoms. The number of hydrogen-bond donors (Lipinski definition) is 2. The molecule has 1 aromatic heterocycles. The van der Waals surface area contributed by atoms with Crippen molar-refractivity contribution in [1.82, 2.24) is 9.97 Å². The van der Waals surface area contributed by atoms with Crippen LogP contribution in [0.5, 0.6) is 0 Å². The van der Waals surface area contributed by atoms with Crippen LogP contribution in [0.3, 0.4) is 0 Å². The maximum atomic E-state index is 5.77. The lowest BCUT2D eigenvalue weighted by Gasteiger charge is -2.00. The summed E-state index contributed by atoms with van der Waals surface area (Å²) in [5.74, 6) is 1.53. The van der Waals surface area contributed by atoms with E-state index in [-0.39, 0.29) is 0 Å². The first-order valence-electron chi connectivity index (χ1n) is 5.69. The third-order valence-electron chi connectivity index (χ3n) is 3.26. The molecule has 2 aromatic rings. The summed E-state index contributed by atoms with van der Waals surface area (Å²) in [7, 11) is 0. The number of nitrogens with one attached hydrogen (secondary N) is 1. The number of nitrogens with two attached hydrogens (primary N) is 1. The molecule has 0 saturated carbocycles. The number of H-pyrrole nitrogens is 1. The highest BCUT2D eigenvalue weighted by atomic mass is 14.9. The van der Waals surface area contributed by atoms with Gasteiger partial charge in [-0.2, -0.15) is 0 Å². The fourth-order valence-corrected chi connectivity index (χ4v) is 2.34. The van der Waals surface area contributed by atoms with Gasteiger partial charge in [0.05, 0.1) is 5.69 Å². The second kappa shape index (κ2) is 3.37. The van der Waals surface area contributed by atoms with Gasteiger partial charge < -0.3 is 10.7 Å². The molecule has 0 amide bonds. The van der Waals surface area contributed by atoms with Crippen LogP contribution in [0.1, 0.15) is 30.7 Å². The highest BCUT2D eigenvalue weighted by Gasteiger charge is 2.23. The molecule has 1 heterocycles. The second-order valence-corrected chi connectivity index (χ2v) is 4.51. The molecule has 0 saturated heterocycles. The van der Waals surface area contributed by atoms with E-state index in [4.69, 9.17) is 5.73 Å². The first-order chi connectivity index (χ1) is 7.74. The lowest BCUT2D eigenvalue weighted by Crippen LogP contribution is -1.89. The third kappa shape index (κ3) is 1.40. The Morgan fingerprint density at radius 1 is 1.44 bits per heavy atom. The molecule has 3 N–H and O–H groups in total. The molecule has 1 aliphatic carbocycles. The summed E-state index contributed by atoms with van der Waals surface area (Å²) in [6.45, 7) is 2.23. The van der Waals surface area contributed by atoms with Gasteiger partial charge in [0.25, 0.3) is 0 Å². The first kappa shape index (κ1) is 9.46. The summed E-state index contributed by atoms with van der Waals surface area (Å²) in [6.07, 6.45) is 2.33. The molecule has 0 bridgehead atoms. The van der Waals surface area contributed by atoms with Crippen molar-refractivity contribution in [2.75, 3.05) is 5.73 Å². The number of imidazole rings is 1. The SMILES string of the molecule is CC1CCc2[nH]c(-c3cccc(N)c3)nc21. The summed E-state index contributed by atoms with van der Waals surface area (Å²) in [4.78, 5) is 8.07. The summed E-state index contributed by atoms with van der Waals surface area (Å²) in [6, 6.07) is 7.85. The Morgan fingerprint density at radius 3 is 3.06 bits per heavy atom. The molecular weight excluding hydrogens is 198 g/mol. The molecule has 1 aromatic carbocycles. The summed E-state index contributed by atoms with van der Waals surface area (Å²) in [5.41, 5.74) is 10.2. The Bertz CT molecular complexity index is 528.